The van der Waals surface area contributed by atoms with E-state index < -0.39 is 23.6 Å². The van der Waals surface area contributed by atoms with Crippen LogP contribution in [0.2, 0.25) is 0 Å². The van der Waals surface area contributed by atoms with Crippen molar-refractivity contribution >= 4 is 63.5 Å². The molecule has 2 aromatic carbocycles. The molecule has 0 bridgehead atoms. The summed E-state index contributed by atoms with van der Waals surface area (Å²) in [6.07, 6.45) is -3.15. The van der Waals surface area contributed by atoms with Crippen LogP contribution in [0.5, 0.6) is 0 Å². The summed E-state index contributed by atoms with van der Waals surface area (Å²) in [4.78, 5) is 26.9. The third kappa shape index (κ3) is 4.76. The fourth-order valence-corrected chi connectivity index (χ4v) is 4.58. The number of nitrogens with one attached hydrogen (secondary N) is 1. The summed E-state index contributed by atoms with van der Waals surface area (Å²) in [5, 5.41) is 2.13. The highest BCUT2D eigenvalue weighted by Gasteiger charge is 2.36. The predicted octanol–water partition coefficient (Wildman–Crippen LogP) is 5.86. The smallest absolute Gasteiger partial charge is 0.318 e. The van der Waals surface area contributed by atoms with Crippen LogP contribution in [-0.4, -0.2) is 21.5 Å². The number of aryl methyl sites for hydroxylation is 2. The van der Waals surface area contributed by atoms with Crippen molar-refractivity contribution in [1.82, 2.24) is 9.88 Å². The quantitative estimate of drug-likeness (QED) is 0.175. The fraction of sp³-hybridized carbons (Fsp3) is 0.160. The van der Waals surface area contributed by atoms with Crippen LogP contribution >= 0.6 is 34.8 Å². The molecule has 0 aliphatic carbocycles. The first-order valence-corrected chi connectivity index (χ1v) is 11.9. The fourth-order valence-electron chi connectivity index (χ4n) is 3.97. The molecule has 0 unspecified atom stereocenters. The van der Waals surface area contributed by atoms with Gasteiger partial charge in [0.25, 0.3) is 11.8 Å². The Morgan fingerprint density at radius 2 is 1.71 bits per heavy atom. The van der Waals surface area contributed by atoms with Crippen LogP contribution in [0.3, 0.4) is 0 Å². The molecule has 2 amide bonds. The molecule has 10 heteroatoms. The number of anilines is 1. The predicted molar refractivity (Wildman–Crippen MR) is 140 cm³/mol. The van der Waals surface area contributed by atoms with E-state index in [0.29, 0.717) is 5.56 Å². The van der Waals surface area contributed by atoms with Gasteiger partial charge in [-0.15, -0.1) is 0 Å². The summed E-state index contributed by atoms with van der Waals surface area (Å²) in [6, 6.07) is 12.1. The van der Waals surface area contributed by atoms with Crippen molar-refractivity contribution < 1.29 is 22.8 Å². The van der Waals surface area contributed by atoms with E-state index in [4.69, 9.17) is 12.2 Å². The second-order valence-electron chi connectivity index (χ2n) is 8.10. The monoisotopic (exact) mass is 609 g/mol. The van der Waals surface area contributed by atoms with E-state index in [1.807, 2.05) is 49.6 Å². The Balaban J connectivity index is 1.76. The molecule has 2 heterocycles. The Bertz CT molecular complexity index is 1430. The molecule has 1 aliphatic heterocycles. The van der Waals surface area contributed by atoms with Gasteiger partial charge in [-0.2, -0.15) is 13.2 Å². The molecule has 0 saturated carbocycles. The number of rotatable bonds is 3. The average molecular weight is 609 g/mol. The highest BCUT2D eigenvalue weighted by Crippen LogP contribution is 2.33. The molecule has 0 atom stereocenters. The van der Waals surface area contributed by atoms with Gasteiger partial charge in [0.1, 0.15) is 5.57 Å². The largest absolute Gasteiger partial charge is 0.416 e. The van der Waals surface area contributed by atoms with E-state index in [9.17, 15) is 22.8 Å². The van der Waals surface area contributed by atoms with Gasteiger partial charge < -0.3 is 4.57 Å². The van der Waals surface area contributed by atoms with Crippen LogP contribution in [0, 0.1) is 24.3 Å². The summed E-state index contributed by atoms with van der Waals surface area (Å²) >= 11 is 7.37. The normalized spacial score (nSPS) is 15.7. The first-order chi connectivity index (χ1) is 16.4. The molecule has 4 rings (SSSR count). The standard InChI is InChI=1S/C25H19F3IN3O2S/c1-13-9-19(7-8-21(13)29)31-14(2)10-16(15(31)3)11-20-22(33)30-24(35)32(23(20)34)18-6-4-5-17(12-18)25(26,27)28/h4-12H,1-3H3,(H,30,33,35)/b20-11-. The van der Waals surface area contributed by atoms with E-state index in [2.05, 4.69) is 27.9 Å². The lowest BCUT2D eigenvalue weighted by Crippen LogP contribution is -2.54. The molecule has 35 heavy (non-hydrogen) atoms. The van der Waals surface area contributed by atoms with Crippen molar-refractivity contribution in [3.63, 3.8) is 0 Å². The molecule has 0 radical (unpaired) electrons. The number of amides is 2. The Morgan fingerprint density at radius 3 is 2.37 bits per heavy atom. The van der Waals surface area contributed by atoms with Gasteiger partial charge in [0.05, 0.1) is 11.3 Å². The van der Waals surface area contributed by atoms with Gasteiger partial charge in [0.15, 0.2) is 5.11 Å². The molecule has 1 aromatic heterocycles. The zero-order chi connectivity index (χ0) is 25.7. The minimum absolute atomic E-state index is 0.0828. The summed E-state index contributed by atoms with van der Waals surface area (Å²) < 4.78 is 42.8. The van der Waals surface area contributed by atoms with Gasteiger partial charge in [0, 0.05) is 20.6 Å². The number of halogens is 4. The summed E-state index contributed by atoms with van der Waals surface area (Å²) in [5.74, 6) is -1.51. The Hall–Kier alpha value is -2.99. The first-order valence-electron chi connectivity index (χ1n) is 10.4. The van der Waals surface area contributed by atoms with Gasteiger partial charge in [0.2, 0.25) is 0 Å². The SMILES string of the molecule is Cc1cc(-n2c(C)cc(/C=C3/C(=O)NC(=S)N(c4cccc(C(F)(F)F)c4)C3=O)c2C)ccc1I. The average Bonchev–Trinajstić information content (AvgIpc) is 3.05. The highest BCUT2D eigenvalue weighted by atomic mass is 127. The van der Waals surface area contributed by atoms with Crippen molar-refractivity contribution in [2.75, 3.05) is 4.90 Å². The maximum Gasteiger partial charge on any atom is 0.416 e. The maximum atomic E-state index is 13.3. The van der Waals surface area contributed by atoms with Crippen LogP contribution in [0.1, 0.15) is 28.1 Å². The van der Waals surface area contributed by atoms with E-state index in [0.717, 1.165) is 43.2 Å². The zero-order valence-corrected chi connectivity index (χ0v) is 21.8. The summed E-state index contributed by atoms with van der Waals surface area (Å²) in [5.41, 5.74) is 3.14. The zero-order valence-electron chi connectivity index (χ0n) is 18.8. The Morgan fingerprint density at radius 1 is 1.00 bits per heavy atom. The molecule has 5 nitrogen and oxygen atoms in total. The molecule has 180 valence electrons. The highest BCUT2D eigenvalue weighted by molar-refractivity contribution is 14.1. The van der Waals surface area contributed by atoms with Crippen LogP contribution in [-0.2, 0) is 15.8 Å². The van der Waals surface area contributed by atoms with Crippen LogP contribution in [0.15, 0.2) is 54.1 Å². The molecule has 3 aromatic rings. The van der Waals surface area contributed by atoms with Gasteiger partial charge >= 0.3 is 6.18 Å². The van der Waals surface area contributed by atoms with Crippen molar-refractivity contribution in [2.24, 2.45) is 0 Å². The Kier molecular flexibility index (Phi) is 6.62. The van der Waals surface area contributed by atoms with Gasteiger partial charge in [-0.3, -0.25) is 19.8 Å². The van der Waals surface area contributed by atoms with E-state index in [1.54, 1.807) is 0 Å². The van der Waals surface area contributed by atoms with Crippen LogP contribution < -0.4 is 10.2 Å². The molecule has 1 fully saturated rings. The third-order valence-electron chi connectivity index (χ3n) is 5.70. The lowest BCUT2D eigenvalue weighted by molar-refractivity contribution is -0.137. The van der Waals surface area contributed by atoms with Crippen molar-refractivity contribution in [3.05, 3.63) is 85.8 Å². The number of hydrogen-bond donors (Lipinski definition) is 1. The topological polar surface area (TPSA) is 54.3 Å². The van der Waals surface area contributed by atoms with Crippen LogP contribution in [0.4, 0.5) is 18.9 Å². The molecular formula is C25H19F3IN3O2S. The number of hydrogen-bond acceptors (Lipinski definition) is 3. The summed E-state index contributed by atoms with van der Waals surface area (Å²) in [6.45, 7) is 5.79. The molecule has 1 saturated heterocycles. The third-order valence-corrected chi connectivity index (χ3v) is 7.20. The molecular weight excluding hydrogens is 590 g/mol. The van der Waals surface area contributed by atoms with E-state index >= 15 is 0 Å². The van der Waals surface area contributed by atoms with E-state index in [1.165, 1.54) is 18.2 Å². The van der Waals surface area contributed by atoms with Gasteiger partial charge in [-0.05, 0) is 115 Å². The van der Waals surface area contributed by atoms with Gasteiger partial charge in [-0.25, -0.2) is 0 Å². The second-order valence-corrected chi connectivity index (χ2v) is 9.65. The number of alkyl halides is 3. The number of carbonyl (C=O) groups excluding carboxylic acids is 2. The number of thiocarbonyl (C=S) groups is 1. The molecule has 0 spiro atoms. The number of carbonyl (C=O) groups is 2. The number of nitrogens with zero attached hydrogens (tertiary/aromatic N) is 2. The Labute approximate surface area is 218 Å². The lowest BCUT2D eigenvalue weighted by Gasteiger charge is -2.29. The summed E-state index contributed by atoms with van der Waals surface area (Å²) in [7, 11) is 0. The first kappa shape index (κ1) is 25.1. The lowest BCUT2D eigenvalue weighted by atomic mass is 10.1. The van der Waals surface area contributed by atoms with Crippen molar-refractivity contribution in [1.29, 1.82) is 0 Å². The number of benzene rings is 2. The minimum Gasteiger partial charge on any atom is -0.318 e. The van der Waals surface area contributed by atoms with E-state index in [-0.39, 0.29) is 16.4 Å². The number of aromatic nitrogens is 1. The van der Waals surface area contributed by atoms with Gasteiger partial charge in [-0.1, -0.05) is 6.07 Å². The second kappa shape index (κ2) is 9.23. The minimum atomic E-state index is -4.59. The molecule has 1 N–H and O–H groups in total. The van der Waals surface area contributed by atoms with Crippen LogP contribution in [0.25, 0.3) is 11.8 Å². The molecule has 1 aliphatic rings. The van der Waals surface area contributed by atoms with Crippen molar-refractivity contribution in [2.45, 2.75) is 26.9 Å². The maximum absolute atomic E-state index is 13.3. The van der Waals surface area contributed by atoms with Crippen molar-refractivity contribution in [3.8, 4) is 5.69 Å².